The molecule has 2 aliphatic carbocycles. The molecule has 1 nitrogen and oxygen atoms in total. The highest BCUT2D eigenvalue weighted by atomic mass is 32.2. The van der Waals surface area contributed by atoms with Crippen molar-refractivity contribution in [3.63, 3.8) is 0 Å². The molecule has 0 heterocycles. The van der Waals surface area contributed by atoms with Crippen molar-refractivity contribution in [2.45, 2.75) is 58.4 Å². The van der Waals surface area contributed by atoms with Crippen LogP contribution in [0.15, 0.2) is 0 Å². The summed E-state index contributed by atoms with van der Waals surface area (Å²) in [5.74, 6) is 5.92. The largest absolute Gasteiger partial charge is 0.313 e. The number of fused-ring (bicyclic) bond motifs is 2. The van der Waals surface area contributed by atoms with Crippen LogP contribution >= 0.6 is 11.8 Å². The highest BCUT2D eigenvalue weighted by molar-refractivity contribution is 7.99. The van der Waals surface area contributed by atoms with Gasteiger partial charge in [-0.15, -0.1) is 0 Å². The molecule has 1 N–H and O–H groups in total. The third kappa shape index (κ3) is 3.89. The van der Waals surface area contributed by atoms with Crippen molar-refractivity contribution in [2.24, 2.45) is 17.8 Å². The number of thioether (sulfide) groups is 1. The summed E-state index contributed by atoms with van der Waals surface area (Å²) < 4.78 is 0. The van der Waals surface area contributed by atoms with Crippen LogP contribution in [0, 0.1) is 17.8 Å². The van der Waals surface area contributed by atoms with E-state index in [2.05, 4.69) is 30.9 Å². The van der Waals surface area contributed by atoms with Crippen molar-refractivity contribution < 1.29 is 0 Å². The number of hydrogen-bond donors (Lipinski definition) is 1. The van der Waals surface area contributed by atoms with Gasteiger partial charge < -0.3 is 5.32 Å². The van der Waals surface area contributed by atoms with E-state index in [1.54, 1.807) is 12.8 Å². The fourth-order valence-electron chi connectivity index (χ4n) is 3.90. The van der Waals surface area contributed by atoms with Crippen LogP contribution in [0.3, 0.4) is 0 Å². The maximum atomic E-state index is 3.71. The molecule has 0 saturated heterocycles. The van der Waals surface area contributed by atoms with Gasteiger partial charge in [-0.3, -0.25) is 0 Å². The third-order valence-electron chi connectivity index (χ3n) is 4.63. The van der Waals surface area contributed by atoms with Crippen LogP contribution in [-0.4, -0.2) is 24.1 Å². The zero-order valence-electron chi connectivity index (χ0n) is 11.6. The van der Waals surface area contributed by atoms with E-state index in [1.165, 1.54) is 37.2 Å². The molecule has 2 saturated carbocycles. The summed E-state index contributed by atoms with van der Waals surface area (Å²) in [4.78, 5) is 0. The lowest BCUT2D eigenvalue weighted by atomic mass is 9.84. The van der Waals surface area contributed by atoms with Crippen LogP contribution in [-0.2, 0) is 0 Å². The fraction of sp³-hybridized carbons (Fsp3) is 1.00. The Balaban J connectivity index is 1.72. The van der Waals surface area contributed by atoms with Crippen molar-refractivity contribution >= 4 is 11.8 Å². The Morgan fingerprint density at radius 2 is 2.12 bits per heavy atom. The van der Waals surface area contributed by atoms with E-state index in [9.17, 15) is 0 Å². The van der Waals surface area contributed by atoms with E-state index < -0.39 is 0 Å². The van der Waals surface area contributed by atoms with Gasteiger partial charge in [0, 0.05) is 11.8 Å². The first-order valence-corrected chi connectivity index (χ1v) is 8.80. The summed E-state index contributed by atoms with van der Waals surface area (Å²) in [6.07, 6.45) is 8.95. The summed E-state index contributed by atoms with van der Waals surface area (Å²) in [6, 6.07) is 0.779. The second kappa shape index (κ2) is 7.04. The van der Waals surface area contributed by atoms with Gasteiger partial charge in [0.2, 0.25) is 0 Å². The Bertz CT molecular complexity index is 219. The van der Waals surface area contributed by atoms with Gasteiger partial charge in [0.1, 0.15) is 0 Å². The zero-order valence-corrected chi connectivity index (χ0v) is 12.4. The van der Waals surface area contributed by atoms with Crippen molar-refractivity contribution in [1.82, 2.24) is 5.32 Å². The summed E-state index contributed by atoms with van der Waals surface area (Å²) in [5, 5.41) is 3.71. The molecule has 2 rings (SSSR count). The first-order valence-electron chi connectivity index (χ1n) is 7.64. The van der Waals surface area contributed by atoms with Gasteiger partial charge in [-0.1, -0.05) is 20.3 Å². The molecule has 2 heteroatoms. The summed E-state index contributed by atoms with van der Waals surface area (Å²) in [5.41, 5.74) is 0. The van der Waals surface area contributed by atoms with Gasteiger partial charge in [-0.05, 0) is 62.2 Å². The lowest BCUT2D eigenvalue weighted by Crippen LogP contribution is -2.34. The molecule has 100 valence electrons. The van der Waals surface area contributed by atoms with Crippen LogP contribution in [0.4, 0.5) is 0 Å². The predicted octanol–water partition coefficient (Wildman–Crippen LogP) is 3.93. The van der Waals surface area contributed by atoms with Crippen LogP contribution < -0.4 is 5.32 Å². The second-order valence-corrected chi connectivity index (χ2v) is 7.15. The van der Waals surface area contributed by atoms with E-state index in [0.29, 0.717) is 0 Å². The molecule has 2 fully saturated rings. The first kappa shape index (κ1) is 13.7. The van der Waals surface area contributed by atoms with E-state index >= 15 is 0 Å². The van der Waals surface area contributed by atoms with Gasteiger partial charge in [0.25, 0.3) is 0 Å². The number of nitrogens with one attached hydrogen (secondary N) is 1. The van der Waals surface area contributed by atoms with Crippen LogP contribution in [0.25, 0.3) is 0 Å². The molecule has 2 aliphatic rings. The molecule has 2 bridgehead atoms. The molecule has 0 aromatic rings. The summed E-state index contributed by atoms with van der Waals surface area (Å²) in [7, 11) is 0. The molecule has 0 amide bonds. The van der Waals surface area contributed by atoms with Crippen LogP contribution in [0.5, 0.6) is 0 Å². The Kier molecular flexibility index (Phi) is 5.68. The van der Waals surface area contributed by atoms with Gasteiger partial charge in [-0.25, -0.2) is 0 Å². The smallest absolute Gasteiger partial charge is 0.0160 e. The minimum atomic E-state index is 0.779. The van der Waals surface area contributed by atoms with E-state index in [0.717, 1.165) is 30.3 Å². The van der Waals surface area contributed by atoms with Gasteiger partial charge in [0.15, 0.2) is 0 Å². The van der Waals surface area contributed by atoms with E-state index in [1.807, 2.05) is 0 Å². The molecular weight excluding hydrogens is 226 g/mol. The van der Waals surface area contributed by atoms with Crippen molar-refractivity contribution in [3.8, 4) is 0 Å². The van der Waals surface area contributed by atoms with Gasteiger partial charge in [-0.2, -0.15) is 11.8 Å². The lowest BCUT2D eigenvalue weighted by Gasteiger charge is -2.27. The molecule has 0 aromatic carbocycles. The number of rotatable bonds is 8. The molecule has 0 aliphatic heterocycles. The Morgan fingerprint density at radius 3 is 2.71 bits per heavy atom. The van der Waals surface area contributed by atoms with E-state index in [-0.39, 0.29) is 0 Å². The third-order valence-corrected chi connectivity index (χ3v) is 5.97. The first-order chi connectivity index (χ1) is 8.33. The second-order valence-electron chi connectivity index (χ2n) is 6.00. The zero-order chi connectivity index (χ0) is 12.1. The highest BCUT2D eigenvalue weighted by Crippen LogP contribution is 2.49. The SMILES string of the molecule is CCCSCC(CC1CC2CCC1C2)NCC. The predicted molar refractivity (Wildman–Crippen MR) is 78.6 cm³/mol. The maximum Gasteiger partial charge on any atom is 0.0160 e. The summed E-state index contributed by atoms with van der Waals surface area (Å²) in [6.45, 7) is 5.67. The topological polar surface area (TPSA) is 12.0 Å². The number of hydrogen-bond acceptors (Lipinski definition) is 2. The standard InChI is InChI=1S/C15H29NS/c1-3-7-17-11-15(16-4-2)10-14-9-12-5-6-13(14)8-12/h12-16H,3-11H2,1-2H3. The van der Waals surface area contributed by atoms with Crippen LogP contribution in [0.1, 0.15) is 52.4 Å². The maximum absolute atomic E-state index is 3.71. The normalized spacial score (nSPS) is 33.2. The molecule has 4 unspecified atom stereocenters. The van der Waals surface area contributed by atoms with Gasteiger partial charge >= 0.3 is 0 Å². The highest BCUT2D eigenvalue weighted by Gasteiger charge is 2.39. The molecule has 0 aromatic heterocycles. The van der Waals surface area contributed by atoms with Gasteiger partial charge in [0.05, 0.1) is 0 Å². The Morgan fingerprint density at radius 1 is 1.24 bits per heavy atom. The fourth-order valence-corrected chi connectivity index (χ4v) is 4.89. The minimum absolute atomic E-state index is 0.779. The van der Waals surface area contributed by atoms with Crippen molar-refractivity contribution in [1.29, 1.82) is 0 Å². The minimum Gasteiger partial charge on any atom is -0.313 e. The molecule has 17 heavy (non-hydrogen) atoms. The Hall–Kier alpha value is 0.310. The average molecular weight is 255 g/mol. The van der Waals surface area contributed by atoms with Crippen molar-refractivity contribution in [3.05, 3.63) is 0 Å². The molecule has 0 radical (unpaired) electrons. The monoisotopic (exact) mass is 255 g/mol. The Labute approximate surface area is 112 Å². The van der Waals surface area contributed by atoms with Crippen LogP contribution in [0.2, 0.25) is 0 Å². The lowest BCUT2D eigenvalue weighted by molar-refractivity contribution is 0.287. The van der Waals surface area contributed by atoms with Crippen molar-refractivity contribution in [2.75, 3.05) is 18.1 Å². The molecule has 0 spiro atoms. The average Bonchev–Trinajstić information content (AvgIpc) is 2.91. The molecule has 4 atom stereocenters. The quantitative estimate of drug-likeness (QED) is 0.660. The van der Waals surface area contributed by atoms with E-state index in [4.69, 9.17) is 0 Å². The summed E-state index contributed by atoms with van der Waals surface area (Å²) >= 11 is 2.14. The molecular formula is C15H29NS.